The molecule has 9 aromatic carbocycles. The topological polar surface area (TPSA) is 16.4 Å². The summed E-state index contributed by atoms with van der Waals surface area (Å²) in [5.41, 5.74) is 10.00. The first kappa shape index (κ1) is 30.0. The summed E-state index contributed by atoms with van der Waals surface area (Å²) in [5, 5.41) is 9.83. The van der Waals surface area contributed by atoms with Gasteiger partial charge in [0.25, 0.3) is 0 Å². The van der Waals surface area contributed by atoms with E-state index in [4.69, 9.17) is 4.42 Å². The molecule has 53 heavy (non-hydrogen) atoms. The van der Waals surface area contributed by atoms with Crippen LogP contribution in [0.4, 0.5) is 17.1 Å². The molecule has 0 radical (unpaired) electrons. The number of fused-ring (bicyclic) bond motifs is 9. The molecule has 11 aromatic rings. The number of anilines is 3. The van der Waals surface area contributed by atoms with Crippen LogP contribution in [0.2, 0.25) is 0 Å². The van der Waals surface area contributed by atoms with Crippen molar-refractivity contribution in [3.05, 3.63) is 188 Å². The van der Waals surface area contributed by atoms with E-state index in [-0.39, 0.29) is 0 Å². The summed E-state index contributed by atoms with van der Waals surface area (Å²) in [6, 6.07) is 68.0. The lowest BCUT2D eigenvalue weighted by molar-refractivity contribution is 0.669. The van der Waals surface area contributed by atoms with E-state index >= 15 is 0 Å². The summed E-state index contributed by atoms with van der Waals surface area (Å²) in [5.74, 6) is 0. The summed E-state index contributed by atoms with van der Waals surface area (Å²) in [6.45, 7) is 0. The Morgan fingerprint density at radius 1 is 0.358 bits per heavy atom. The number of nitrogens with zero attached hydrogens (tertiary/aromatic N) is 1. The molecule has 0 aliphatic carbocycles. The highest BCUT2D eigenvalue weighted by molar-refractivity contribution is 7.27. The molecule has 2 nitrogen and oxygen atoms in total. The number of hydrogen-bond acceptors (Lipinski definition) is 3. The zero-order chi connectivity index (χ0) is 34.9. The van der Waals surface area contributed by atoms with Crippen LogP contribution < -0.4 is 4.90 Å². The fraction of sp³-hybridized carbons (Fsp3) is 0. The molecule has 0 atom stereocenters. The van der Waals surface area contributed by atoms with Gasteiger partial charge in [-0.05, 0) is 92.3 Å². The summed E-state index contributed by atoms with van der Waals surface area (Å²) in [6.07, 6.45) is 0. The molecule has 0 aliphatic heterocycles. The van der Waals surface area contributed by atoms with Gasteiger partial charge >= 0.3 is 0 Å². The predicted octanol–water partition coefficient (Wildman–Crippen LogP) is 15.1. The van der Waals surface area contributed by atoms with Crippen molar-refractivity contribution >= 4 is 92.1 Å². The van der Waals surface area contributed by atoms with Crippen LogP contribution in [0.1, 0.15) is 0 Å². The Labute approximate surface area is 310 Å². The Bertz CT molecular complexity index is 3170. The molecule has 2 aromatic heterocycles. The number of rotatable bonds is 5. The largest absolute Gasteiger partial charge is 0.456 e. The van der Waals surface area contributed by atoms with Gasteiger partial charge in [0.15, 0.2) is 0 Å². The first-order valence-corrected chi connectivity index (χ1v) is 18.8. The van der Waals surface area contributed by atoms with E-state index in [0.29, 0.717) is 0 Å². The molecule has 0 aliphatic rings. The molecule has 0 fully saturated rings. The maximum atomic E-state index is 6.25. The van der Waals surface area contributed by atoms with Crippen LogP contribution in [0.25, 0.3) is 85.9 Å². The van der Waals surface area contributed by atoms with E-state index in [1.165, 1.54) is 58.5 Å². The normalized spacial score (nSPS) is 11.8. The molecule has 0 spiro atoms. The van der Waals surface area contributed by atoms with Gasteiger partial charge < -0.3 is 9.32 Å². The first-order chi connectivity index (χ1) is 26.3. The average Bonchev–Trinajstić information content (AvgIpc) is 3.80. The smallest absolute Gasteiger partial charge is 0.136 e. The van der Waals surface area contributed by atoms with E-state index in [1.54, 1.807) is 0 Å². The molecule has 0 saturated heterocycles. The van der Waals surface area contributed by atoms with Gasteiger partial charge in [0.05, 0.1) is 10.4 Å². The maximum Gasteiger partial charge on any atom is 0.136 e. The van der Waals surface area contributed by atoms with E-state index in [0.717, 1.165) is 44.4 Å². The second-order valence-corrected chi connectivity index (χ2v) is 14.7. The Morgan fingerprint density at radius 2 is 1.00 bits per heavy atom. The highest BCUT2D eigenvalue weighted by Gasteiger charge is 2.20. The van der Waals surface area contributed by atoms with E-state index in [2.05, 4.69) is 181 Å². The molecule has 2 heterocycles. The van der Waals surface area contributed by atoms with Crippen molar-refractivity contribution in [2.24, 2.45) is 0 Å². The third-order valence-electron chi connectivity index (χ3n) is 10.7. The van der Waals surface area contributed by atoms with Crippen molar-refractivity contribution in [2.75, 3.05) is 4.90 Å². The molecule has 0 saturated carbocycles. The van der Waals surface area contributed by atoms with Gasteiger partial charge in [-0.2, -0.15) is 0 Å². The second-order valence-electron chi connectivity index (χ2n) is 13.7. The molecule has 0 N–H and O–H groups in total. The maximum absolute atomic E-state index is 6.25. The predicted molar refractivity (Wildman–Crippen MR) is 227 cm³/mol. The Balaban J connectivity index is 1.11. The van der Waals surface area contributed by atoms with Crippen molar-refractivity contribution in [1.29, 1.82) is 0 Å². The fourth-order valence-electron chi connectivity index (χ4n) is 8.09. The Hall–Kier alpha value is -6.68. The third kappa shape index (κ3) is 4.86. The van der Waals surface area contributed by atoms with Crippen molar-refractivity contribution in [1.82, 2.24) is 0 Å². The molecular formula is C50H31NOS. The lowest BCUT2D eigenvalue weighted by atomic mass is 10.00. The average molecular weight is 694 g/mol. The zero-order valence-corrected chi connectivity index (χ0v) is 29.5. The van der Waals surface area contributed by atoms with Crippen LogP contribution >= 0.6 is 11.3 Å². The number of thiophene rings is 1. The second kappa shape index (κ2) is 11.9. The summed E-state index contributed by atoms with van der Waals surface area (Å²) >= 11 is 1.88. The number of benzene rings is 9. The molecule has 0 amide bonds. The van der Waals surface area contributed by atoms with Gasteiger partial charge in [-0.15, -0.1) is 11.3 Å². The van der Waals surface area contributed by atoms with Crippen LogP contribution in [-0.4, -0.2) is 0 Å². The van der Waals surface area contributed by atoms with Gasteiger partial charge in [0.2, 0.25) is 0 Å². The van der Waals surface area contributed by atoms with Crippen molar-refractivity contribution in [3.8, 4) is 22.3 Å². The molecule has 248 valence electrons. The van der Waals surface area contributed by atoms with Crippen molar-refractivity contribution < 1.29 is 4.42 Å². The third-order valence-corrected chi connectivity index (χ3v) is 11.9. The van der Waals surface area contributed by atoms with Crippen molar-refractivity contribution in [3.63, 3.8) is 0 Å². The number of furan rings is 1. The summed E-state index contributed by atoms with van der Waals surface area (Å²) < 4.78 is 8.83. The van der Waals surface area contributed by atoms with Crippen LogP contribution in [0.15, 0.2) is 192 Å². The highest BCUT2D eigenvalue weighted by atomic mass is 32.1. The lowest BCUT2D eigenvalue weighted by Gasteiger charge is -2.27. The number of hydrogen-bond donors (Lipinski definition) is 0. The minimum atomic E-state index is 0.907. The SMILES string of the molecule is c1ccc(-c2cccc3c2sc2c(N(c4ccc(-c5ccc6c(c5)oc5ccccc56)cc4)c4ccc5ccc6ccccc6c5c4)cccc23)cc1. The van der Waals surface area contributed by atoms with E-state index in [9.17, 15) is 0 Å². The molecule has 3 heteroatoms. The zero-order valence-electron chi connectivity index (χ0n) is 28.7. The molecule has 11 rings (SSSR count). The van der Waals surface area contributed by atoms with Crippen molar-refractivity contribution in [2.45, 2.75) is 0 Å². The molecule has 0 bridgehead atoms. The monoisotopic (exact) mass is 693 g/mol. The Morgan fingerprint density at radius 3 is 1.87 bits per heavy atom. The summed E-state index contributed by atoms with van der Waals surface area (Å²) in [7, 11) is 0. The minimum Gasteiger partial charge on any atom is -0.456 e. The van der Waals surface area contributed by atoms with Gasteiger partial charge in [-0.3, -0.25) is 0 Å². The highest BCUT2D eigenvalue weighted by Crippen LogP contribution is 2.48. The quantitative estimate of drug-likeness (QED) is 0.167. The number of para-hydroxylation sites is 1. The van der Waals surface area contributed by atoms with Crippen LogP contribution in [-0.2, 0) is 0 Å². The molecule has 0 unspecified atom stereocenters. The Kier molecular flexibility index (Phi) is 6.76. The summed E-state index contributed by atoms with van der Waals surface area (Å²) in [4.78, 5) is 2.44. The van der Waals surface area contributed by atoms with Crippen LogP contribution in [0.3, 0.4) is 0 Å². The van der Waals surface area contributed by atoms with E-state index < -0.39 is 0 Å². The fourth-order valence-corrected chi connectivity index (χ4v) is 9.43. The van der Waals surface area contributed by atoms with E-state index in [1.807, 2.05) is 23.5 Å². The van der Waals surface area contributed by atoms with Crippen LogP contribution in [0.5, 0.6) is 0 Å². The molecular weight excluding hydrogens is 663 g/mol. The van der Waals surface area contributed by atoms with Gasteiger partial charge in [0, 0.05) is 37.6 Å². The lowest BCUT2D eigenvalue weighted by Crippen LogP contribution is -2.10. The van der Waals surface area contributed by atoms with Gasteiger partial charge in [-0.1, -0.05) is 140 Å². The standard InChI is InChI=1S/C50H31NOS/c1-2-10-33(11-3-1)40-15-8-16-43-44-17-9-18-46(50(44)53-49(40)43)51(38-28-24-35-21-20-34-12-4-5-13-39(34)45(35)31-38)37-26-22-32(23-27-37)36-25-29-42-41-14-6-7-19-47(41)52-48(42)30-36/h1-31H. The minimum absolute atomic E-state index is 0.907. The van der Waals surface area contributed by atoms with Gasteiger partial charge in [0.1, 0.15) is 11.2 Å². The van der Waals surface area contributed by atoms with Crippen LogP contribution in [0, 0.1) is 0 Å². The van der Waals surface area contributed by atoms with Gasteiger partial charge in [-0.25, -0.2) is 0 Å². The first-order valence-electron chi connectivity index (χ1n) is 18.0.